The van der Waals surface area contributed by atoms with Crippen molar-refractivity contribution in [1.82, 2.24) is 38.6 Å². The molecule has 5 aromatic heterocycles. The molecule has 0 unspecified atom stereocenters. The van der Waals surface area contributed by atoms with E-state index in [0.717, 1.165) is 10.2 Å². The van der Waals surface area contributed by atoms with Crippen LogP contribution in [0.15, 0.2) is 92.6 Å². The number of nitrogens with two attached hydrogens (primary N) is 1. The van der Waals surface area contributed by atoms with Crippen LogP contribution in [0.3, 0.4) is 0 Å². The summed E-state index contributed by atoms with van der Waals surface area (Å²) in [4.78, 5) is 42.6. The standard InChI is InChI=1S/C11H7FN4OS.C7H5FN2S.C7H6N4O/c12-7-1-2-8-9(5-7)18-10(14-8)15-11(17)16-4-3-13-6-16;8-4-1-2-5-6(3-4)11-7(9)10-5;12-7(10-3-1-8-5-10)11-4-2-9-6-11/h1-6H,(H,14,15,17);1-3H,(H2,9,10);1-6H. The van der Waals surface area contributed by atoms with Crippen molar-refractivity contribution in [3.8, 4) is 0 Å². The van der Waals surface area contributed by atoms with Gasteiger partial charge in [0.25, 0.3) is 0 Å². The van der Waals surface area contributed by atoms with Crippen LogP contribution in [0.1, 0.15) is 0 Å². The first kappa shape index (κ1) is 27.2. The summed E-state index contributed by atoms with van der Waals surface area (Å²) < 4.78 is 31.1. The van der Waals surface area contributed by atoms with E-state index in [4.69, 9.17) is 5.73 Å². The molecule has 0 atom stereocenters. The van der Waals surface area contributed by atoms with Gasteiger partial charge in [-0.15, -0.1) is 0 Å². The van der Waals surface area contributed by atoms with Crippen LogP contribution in [0.25, 0.3) is 20.4 Å². The first-order valence-corrected chi connectivity index (χ1v) is 13.2. The number of carbonyl (C=O) groups is 2. The van der Waals surface area contributed by atoms with Gasteiger partial charge in [0.15, 0.2) is 10.3 Å². The number of nitrogens with one attached hydrogen (secondary N) is 1. The number of nitrogens with zero attached hydrogens (tertiary/aromatic N) is 8. The molecule has 7 aromatic rings. The zero-order valence-corrected chi connectivity index (χ0v) is 22.3. The molecule has 0 fully saturated rings. The summed E-state index contributed by atoms with van der Waals surface area (Å²) in [6, 6.07) is 8.19. The lowest BCUT2D eigenvalue weighted by molar-refractivity contribution is 0.243. The van der Waals surface area contributed by atoms with Crippen molar-refractivity contribution in [1.29, 1.82) is 0 Å². The van der Waals surface area contributed by atoms with Crippen LogP contribution in [0.2, 0.25) is 0 Å². The van der Waals surface area contributed by atoms with Crippen LogP contribution in [0.5, 0.6) is 0 Å². The van der Waals surface area contributed by atoms with E-state index in [1.807, 2.05) is 0 Å². The van der Waals surface area contributed by atoms with Gasteiger partial charge in [-0.1, -0.05) is 22.7 Å². The van der Waals surface area contributed by atoms with E-state index in [9.17, 15) is 18.4 Å². The molecule has 0 aliphatic carbocycles. The van der Waals surface area contributed by atoms with Gasteiger partial charge in [0.05, 0.1) is 20.4 Å². The van der Waals surface area contributed by atoms with Crippen molar-refractivity contribution in [3.63, 3.8) is 0 Å². The van der Waals surface area contributed by atoms with Crippen molar-refractivity contribution in [3.05, 3.63) is 104 Å². The Morgan fingerprint density at radius 1 is 0.732 bits per heavy atom. The quantitative estimate of drug-likeness (QED) is 0.260. The molecule has 41 heavy (non-hydrogen) atoms. The van der Waals surface area contributed by atoms with Gasteiger partial charge in [0.2, 0.25) is 0 Å². The second kappa shape index (κ2) is 12.2. The van der Waals surface area contributed by atoms with Crippen LogP contribution in [0.4, 0.5) is 28.6 Å². The maximum absolute atomic E-state index is 13.0. The molecule has 12 nitrogen and oxygen atoms in total. The molecule has 1 amide bonds. The number of aromatic nitrogens is 8. The van der Waals surface area contributed by atoms with E-state index in [2.05, 4.69) is 30.2 Å². The average molecular weight is 593 g/mol. The fourth-order valence-corrected chi connectivity index (χ4v) is 4.92. The van der Waals surface area contributed by atoms with Crippen LogP contribution in [-0.2, 0) is 0 Å². The third-order valence-corrected chi connectivity index (χ3v) is 6.90. The highest BCUT2D eigenvalue weighted by atomic mass is 32.1. The Morgan fingerprint density at radius 3 is 1.78 bits per heavy atom. The predicted octanol–water partition coefficient (Wildman–Crippen LogP) is 5.33. The summed E-state index contributed by atoms with van der Waals surface area (Å²) in [5, 5.41) is 3.52. The highest BCUT2D eigenvalue weighted by Crippen LogP contribution is 2.26. The van der Waals surface area contributed by atoms with Gasteiger partial charge >= 0.3 is 12.1 Å². The number of anilines is 2. The Balaban J connectivity index is 0.000000129. The molecule has 0 bridgehead atoms. The molecule has 7 rings (SSSR count). The molecular weight excluding hydrogens is 574 g/mol. The second-order valence-electron chi connectivity index (χ2n) is 7.92. The summed E-state index contributed by atoms with van der Waals surface area (Å²) >= 11 is 2.51. The fourth-order valence-electron chi connectivity index (χ4n) is 3.28. The lowest BCUT2D eigenvalue weighted by Gasteiger charge is -1.99. The Bertz CT molecular complexity index is 1860. The Labute approximate surface area is 237 Å². The number of fused-ring (bicyclic) bond motifs is 2. The molecule has 2 aromatic carbocycles. The molecule has 0 radical (unpaired) electrons. The SMILES string of the molecule is Nc1nc2ccc(F)cc2s1.O=C(Nc1nc2ccc(F)cc2s1)n1ccnc1.O=C(n1ccnc1)n1ccnc1. The van der Waals surface area contributed by atoms with Crippen LogP contribution >= 0.6 is 22.7 Å². The number of nitrogen functional groups attached to an aromatic ring is 1. The van der Waals surface area contributed by atoms with E-state index < -0.39 is 0 Å². The van der Waals surface area contributed by atoms with E-state index in [1.54, 1.807) is 36.9 Å². The minimum Gasteiger partial charge on any atom is -0.375 e. The maximum Gasteiger partial charge on any atom is 0.338 e. The van der Waals surface area contributed by atoms with Crippen molar-refractivity contribution < 1.29 is 18.4 Å². The first-order chi connectivity index (χ1) is 19.9. The number of benzene rings is 2. The lowest BCUT2D eigenvalue weighted by atomic mass is 10.3. The monoisotopic (exact) mass is 592 g/mol. The molecule has 0 spiro atoms. The van der Waals surface area contributed by atoms with Crippen molar-refractivity contribution in [2.75, 3.05) is 11.1 Å². The maximum atomic E-state index is 13.0. The molecule has 0 saturated carbocycles. The second-order valence-corrected chi connectivity index (χ2v) is 10.0. The smallest absolute Gasteiger partial charge is 0.338 e. The average Bonchev–Trinajstić information content (AvgIpc) is 3.79. The van der Waals surface area contributed by atoms with Crippen molar-refractivity contribution in [2.45, 2.75) is 0 Å². The number of rotatable bonds is 1. The Kier molecular flexibility index (Phi) is 8.12. The summed E-state index contributed by atoms with van der Waals surface area (Å²) in [7, 11) is 0. The lowest BCUT2D eigenvalue weighted by Crippen LogP contribution is -2.17. The highest BCUT2D eigenvalue weighted by Gasteiger charge is 2.09. The van der Waals surface area contributed by atoms with Gasteiger partial charge in [-0.2, -0.15) is 0 Å². The third kappa shape index (κ3) is 6.81. The minimum atomic E-state index is -0.355. The molecule has 0 aliphatic rings. The Hall–Kier alpha value is -5.35. The zero-order valence-electron chi connectivity index (χ0n) is 20.7. The Morgan fingerprint density at radius 2 is 1.24 bits per heavy atom. The van der Waals surface area contributed by atoms with Gasteiger partial charge < -0.3 is 5.73 Å². The van der Waals surface area contributed by atoms with E-state index in [-0.39, 0.29) is 23.7 Å². The first-order valence-electron chi connectivity index (χ1n) is 11.5. The minimum absolute atomic E-state index is 0.190. The molecular formula is C25H18F2N10O2S2. The number of hydrogen-bond donors (Lipinski definition) is 2. The van der Waals surface area contributed by atoms with Crippen molar-refractivity contribution >= 4 is 65.4 Å². The van der Waals surface area contributed by atoms with E-state index >= 15 is 0 Å². The molecule has 5 heterocycles. The molecule has 3 N–H and O–H groups in total. The summed E-state index contributed by atoms with van der Waals surface area (Å²) in [6.07, 6.45) is 13.6. The fraction of sp³-hybridized carbons (Fsp3) is 0. The molecule has 206 valence electrons. The number of thiazole rings is 2. The zero-order chi connectivity index (χ0) is 28.8. The van der Waals surface area contributed by atoms with Gasteiger partial charge in [-0.05, 0) is 36.4 Å². The van der Waals surface area contributed by atoms with Gasteiger partial charge in [0, 0.05) is 37.2 Å². The summed E-state index contributed by atoms with van der Waals surface area (Å²) in [6.45, 7) is 0. The van der Waals surface area contributed by atoms with Crippen LogP contribution in [-0.4, -0.2) is 50.7 Å². The van der Waals surface area contributed by atoms with Gasteiger partial charge in [-0.3, -0.25) is 19.0 Å². The van der Waals surface area contributed by atoms with E-state index in [1.165, 1.54) is 92.0 Å². The van der Waals surface area contributed by atoms with Crippen LogP contribution in [0, 0.1) is 11.6 Å². The van der Waals surface area contributed by atoms with Crippen molar-refractivity contribution in [2.24, 2.45) is 0 Å². The van der Waals surface area contributed by atoms with E-state index in [0.29, 0.717) is 20.5 Å². The number of carbonyl (C=O) groups excluding carboxylic acids is 2. The van der Waals surface area contributed by atoms with Crippen LogP contribution < -0.4 is 11.1 Å². The summed E-state index contributed by atoms with van der Waals surface area (Å²) in [5.41, 5.74) is 6.84. The largest absolute Gasteiger partial charge is 0.375 e. The van der Waals surface area contributed by atoms with Gasteiger partial charge in [0.1, 0.15) is 30.6 Å². The van der Waals surface area contributed by atoms with Gasteiger partial charge in [-0.25, -0.2) is 43.3 Å². The normalized spacial score (nSPS) is 10.5. The number of hydrogen-bond acceptors (Lipinski definition) is 10. The number of imidazole rings is 3. The number of halogens is 2. The molecule has 16 heteroatoms. The summed E-state index contributed by atoms with van der Waals surface area (Å²) in [5.74, 6) is -0.570. The number of amides is 1. The topological polar surface area (TPSA) is 151 Å². The molecule has 0 aliphatic heterocycles. The molecule has 0 saturated heterocycles. The predicted molar refractivity (Wildman–Crippen MR) is 151 cm³/mol. The highest BCUT2D eigenvalue weighted by molar-refractivity contribution is 7.22. The third-order valence-electron chi connectivity index (χ3n) is 5.12.